The van der Waals surface area contributed by atoms with Gasteiger partial charge in [0.2, 0.25) is 0 Å². The van der Waals surface area contributed by atoms with Crippen molar-refractivity contribution in [1.29, 1.82) is 0 Å². The van der Waals surface area contributed by atoms with Crippen molar-refractivity contribution in [3.63, 3.8) is 0 Å². The van der Waals surface area contributed by atoms with Gasteiger partial charge in [0, 0.05) is 0 Å². The van der Waals surface area contributed by atoms with Gasteiger partial charge in [0.25, 0.3) is 10.0 Å². The number of hydrogen-bond acceptors (Lipinski definition) is 7. The first-order valence-corrected chi connectivity index (χ1v) is 9.24. The molecule has 136 valence electrons. The van der Waals surface area contributed by atoms with Gasteiger partial charge in [0.1, 0.15) is 22.2 Å². The summed E-state index contributed by atoms with van der Waals surface area (Å²) in [5.41, 5.74) is 0.801. The van der Waals surface area contributed by atoms with Crippen LogP contribution in [0.3, 0.4) is 0 Å². The summed E-state index contributed by atoms with van der Waals surface area (Å²) in [6, 6.07) is 11.7. The van der Waals surface area contributed by atoms with E-state index in [9.17, 15) is 8.42 Å². The number of benzene rings is 1. The van der Waals surface area contributed by atoms with E-state index in [4.69, 9.17) is 9.15 Å². The number of aromatic nitrogens is 2. The van der Waals surface area contributed by atoms with Gasteiger partial charge in [-0.15, -0.1) is 10.2 Å². The average molecular weight is 374 g/mol. The fourth-order valence-electron chi connectivity index (χ4n) is 2.26. The van der Waals surface area contributed by atoms with Crippen molar-refractivity contribution in [2.75, 3.05) is 17.1 Å². The van der Waals surface area contributed by atoms with Gasteiger partial charge in [-0.05, 0) is 48.9 Å². The molecule has 0 unspecified atom stereocenters. The zero-order chi connectivity index (χ0) is 18.6. The van der Waals surface area contributed by atoms with Crippen LogP contribution in [0.25, 0.3) is 0 Å². The third-order valence-electron chi connectivity index (χ3n) is 3.54. The van der Waals surface area contributed by atoms with Gasteiger partial charge < -0.3 is 14.5 Å². The molecule has 0 saturated heterocycles. The van der Waals surface area contributed by atoms with Gasteiger partial charge in [-0.25, -0.2) is 8.42 Å². The molecule has 8 nitrogen and oxygen atoms in total. The van der Waals surface area contributed by atoms with Crippen LogP contribution >= 0.6 is 0 Å². The van der Waals surface area contributed by atoms with Crippen LogP contribution in [0.1, 0.15) is 11.3 Å². The van der Waals surface area contributed by atoms with E-state index in [1.807, 2.05) is 6.07 Å². The summed E-state index contributed by atoms with van der Waals surface area (Å²) in [7, 11) is -2.43. The van der Waals surface area contributed by atoms with Crippen LogP contribution in [0.15, 0.2) is 58.0 Å². The average Bonchev–Trinajstić information content (AvgIpc) is 3.14. The highest BCUT2D eigenvalue weighted by Crippen LogP contribution is 2.26. The molecule has 26 heavy (non-hydrogen) atoms. The Kier molecular flexibility index (Phi) is 5.08. The summed E-state index contributed by atoms with van der Waals surface area (Å²) >= 11 is 0. The minimum Gasteiger partial charge on any atom is -0.495 e. The van der Waals surface area contributed by atoms with Crippen LogP contribution in [0.4, 0.5) is 11.6 Å². The van der Waals surface area contributed by atoms with E-state index >= 15 is 0 Å². The number of furan rings is 1. The molecule has 0 bridgehead atoms. The maximum Gasteiger partial charge on any atom is 0.266 e. The molecule has 3 aromatic rings. The van der Waals surface area contributed by atoms with Crippen molar-refractivity contribution in [1.82, 2.24) is 10.2 Å². The number of rotatable bonds is 7. The summed E-state index contributed by atoms with van der Waals surface area (Å²) in [5, 5.41) is 10.9. The molecular weight excluding hydrogens is 356 g/mol. The maximum absolute atomic E-state index is 12.6. The molecule has 9 heteroatoms. The Morgan fingerprint density at radius 1 is 1.12 bits per heavy atom. The van der Waals surface area contributed by atoms with E-state index in [0.29, 0.717) is 12.4 Å². The Balaban J connectivity index is 1.73. The van der Waals surface area contributed by atoms with E-state index < -0.39 is 10.0 Å². The minimum atomic E-state index is -3.85. The predicted molar refractivity (Wildman–Crippen MR) is 96.6 cm³/mol. The topological polar surface area (TPSA) is 106 Å². The van der Waals surface area contributed by atoms with Crippen LogP contribution < -0.4 is 14.8 Å². The molecule has 2 N–H and O–H groups in total. The van der Waals surface area contributed by atoms with Crippen molar-refractivity contribution in [2.24, 2.45) is 0 Å². The van der Waals surface area contributed by atoms with Gasteiger partial charge >= 0.3 is 0 Å². The Labute approximate surface area is 151 Å². The van der Waals surface area contributed by atoms with Crippen molar-refractivity contribution in [2.45, 2.75) is 18.4 Å². The lowest BCUT2D eigenvalue weighted by molar-refractivity contribution is 0.402. The molecule has 1 aromatic carbocycles. The Hall–Kier alpha value is -3.07. The third-order valence-corrected chi connectivity index (χ3v) is 4.91. The van der Waals surface area contributed by atoms with Crippen LogP contribution in [0, 0.1) is 6.92 Å². The molecule has 0 saturated carbocycles. The summed E-state index contributed by atoms with van der Waals surface area (Å²) in [6.07, 6.45) is 1.58. The Morgan fingerprint density at radius 3 is 2.54 bits per heavy atom. The normalized spacial score (nSPS) is 11.2. The molecule has 0 atom stereocenters. The standard InChI is InChI=1S/C17H18N4O4S/c1-12-5-6-14(24-2)15(10-12)26(22,23)21-17-8-7-16(19-20-17)18-11-13-4-3-9-25-13/h3-10H,11H2,1-2H3,(H,18,19)(H,20,21). The van der Waals surface area contributed by atoms with Gasteiger partial charge in [-0.1, -0.05) is 6.07 Å². The monoisotopic (exact) mass is 374 g/mol. The molecule has 2 aromatic heterocycles. The quantitative estimate of drug-likeness (QED) is 0.655. The second kappa shape index (κ2) is 7.44. The summed E-state index contributed by atoms with van der Waals surface area (Å²) < 4.78 is 38.0. The summed E-state index contributed by atoms with van der Waals surface area (Å²) in [5.74, 6) is 1.62. The largest absolute Gasteiger partial charge is 0.495 e. The number of anilines is 2. The fraction of sp³-hybridized carbons (Fsp3) is 0.176. The first-order chi connectivity index (χ1) is 12.5. The highest BCUT2D eigenvalue weighted by atomic mass is 32.2. The van der Waals surface area contributed by atoms with Gasteiger partial charge in [0.05, 0.1) is 19.9 Å². The van der Waals surface area contributed by atoms with E-state index in [1.165, 1.54) is 19.2 Å². The lowest BCUT2D eigenvalue weighted by Gasteiger charge is -2.11. The molecule has 0 aliphatic heterocycles. The lowest BCUT2D eigenvalue weighted by Crippen LogP contribution is -2.15. The molecule has 0 aliphatic carbocycles. The highest BCUT2D eigenvalue weighted by Gasteiger charge is 2.20. The maximum atomic E-state index is 12.6. The van der Waals surface area contributed by atoms with Gasteiger partial charge in [-0.3, -0.25) is 4.72 Å². The van der Waals surface area contributed by atoms with E-state index in [2.05, 4.69) is 20.2 Å². The first-order valence-electron chi connectivity index (χ1n) is 7.75. The zero-order valence-electron chi connectivity index (χ0n) is 14.3. The van der Waals surface area contributed by atoms with Crippen molar-refractivity contribution < 1.29 is 17.6 Å². The van der Waals surface area contributed by atoms with Crippen LogP contribution in [0.5, 0.6) is 5.75 Å². The molecule has 0 fully saturated rings. The minimum absolute atomic E-state index is 0.0434. The van der Waals surface area contributed by atoms with Crippen molar-refractivity contribution in [3.05, 3.63) is 60.1 Å². The number of nitrogens with zero attached hydrogens (tertiary/aromatic N) is 2. The summed E-state index contributed by atoms with van der Waals surface area (Å²) in [6.45, 7) is 2.25. The number of methoxy groups -OCH3 is 1. The number of ether oxygens (including phenoxy) is 1. The number of sulfonamides is 1. The molecule has 0 amide bonds. The third kappa shape index (κ3) is 4.12. The molecule has 0 aliphatic rings. The molecular formula is C17H18N4O4S. The molecule has 3 rings (SSSR count). The molecule has 2 heterocycles. The Morgan fingerprint density at radius 2 is 1.88 bits per heavy atom. The van der Waals surface area contributed by atoms with Gasteiger partial charge in [-0.2, -0.15) is 0 Å². The first kappa shape index (κ1) is 17.7. The van der Waals surface area contributed by atoms with Crippen molar-refractivity contribution >= 4 is 21.7 Å². The Bertz CT molecular complexity index is 971. The molecule has 0 radical (unpaired) electrons. The zero-order valence-corrected chi connectivity index (χ0v) is 15.1. The van der Waals surface area contributed by atoms with Crippen LogP contribution in [-0.2, 0) is 16.6 Å². The van der Waals surface area contributed by atoms with E-state index in [1.54, 1.807) is 37.5 Å². The number of nitrogens with one attached hydrogen (secondary N) is 2. The van der Waals surface area contributed by atoms with Crippen molar-refractivity contribution in [3.8, 4) is 5.75 Å². The van der Waals surface area contributed by atoms with Gasteiger partial charge in [0.15, 0.2) is 5.82 Å². The summed E-state index contributed by atoms with van der Waals surface area (Å²) in [4.78, 5) is 0.0434. The predicted octanol–water partition coefficient (Wildman–Crippen LogP) is 2.80. The van der Waals surface area contributed by atoms with Crippen LogP contribution in [-0.4, -0.2) is 25.7 Å². The van der Waals surface area contributed by atoms with Crippen LogP contribution in [0.2, 0.25) is 0 Å². The molecule has 0 spiro atoms. The van der Waals surface area contributed by atoms with E-state index in [-0.39, 0.29) is 16.5 Å². The number of aryl methyl sites for hydroxylation is 1. The number of hydrogen-bond donors (Lipinski definition) is 2. The fourth-order valence-corrected chi connectivity index (χ4v) is 3.51. The SMILES string of the molecule is COc1ccc(C)cc1S(=O)(=O)Nc1ccc(NCc2ccco2)nn1. The lowest BCUT2D eigenvalue weighted by atomic mass is 10.2. The second-order valence-corrected chi connectivity index (χ2v) is 7.15. The van der Waals surface area contributed by atoms with E-state index in [0.717, 1.165) is 11.3 Å². The second-order valence-electron chi connectivity index (χ2n) is 5.50. The highest BCUT2D eigenvalue weighted by molar-refractivity contribution is 7.92. The smallest absolute Gasteiger partial charge is 0.266 e.